The van der Waals surface area contributed by atoms with Gasteiger partial charge in [0.2, 0.25) is 0 Å². The van der Waals surface area contributed by atoms with Crippen LogP contribution < -0.4 is 5.32 Å². The Hall–Kier alpha value is -1.02. The van der Waals surface area contributed by atoms with Crippen LogP contribution in [0.15, 0.2) is 5.38 Å². The Balaban J connectivity index is 1.75. The van der Waals surface area contributed by atoms with E-state index in [4.69, 9.17) is 9.47 Å². The number of nitrogens with zero attached hydrogens (tertiary/aromatic N) is 2. The Bertz CT molecular complexity index is 487. The van der Waals surface area contributed by atoms with Crippen molar-refractivity contribution in [2.75, 3.05) is 38.2 Å². The lowest BCUT2D eigenvalue weighted by molar-refractivity contribution is -0.126. The predicted molar refractivity (Wildman–Crippen MR) is 91.7 cm³/mol. The summed E-state index contributed by atoms with van der Waals surface area (Å²) in [4.78, 5) is 18.9. The van der Waals surface area contributed by atoms with Crippen molar-refractivity contribution in [3.63, 3.8) is 0 Å². The molecule has 1 atom stereocenters. The van der Waals surface area contributed by atoms with Gasteiger partial charge in [-0.25, -0.2) is 4.98 Å². The maximum atomic E-state index is 12.1. The van der Waals surface area contributed by atoms with Gasteiger partial charge >= 0.3 is 0 Å². The van der Waals surface area contributed by atoms with Gasteiger partial charge in [-0.2, -0.15) is 0 Å². The second kappa shape index (κ2) is 9.32. The average molecular weight is 341 g/mol. The van der Waals surface area contributed by atoms with Gasteiger partial charge in [-0.15, -0.1) is 11.3 Å². The summed E-state index contributed by atoms with van der Waals surface area (Å²) < 4.78 is 10.9. The highest BCUT2D eigenvalue weighted by Crippen LogP contribution is 2.18. The minimum absolute atomic E-state index is 0.138. The van der Waals surface area contributed by atoms with Crippen LogP contribution in [-0.2, 0) is 20.8 Å². The highest BCUT2D eigenvalue weighted by atomic mass is 32.1. The molecular weight excluding hydrogens is 314 g/mol. The van der Waals surface area contributed by atoms with Crippen molar-refractivity contribution in [1.82, 2.24) is 9.88 Å². The molecule has 2 heterocycles. The molecule has 1 amide bonds. The fourth-order valence-corrected chi connectivity index (χ4v) is 2.89. The number of hydrogen-bond acceptors (Lipinski definition) is 6. The molecule has 1 N–H and O–H groups in total. The zero-order chi connectivity index (χ0) is 16.7. The molecular formula is C16H27N3O3S. The number of hydrogen-bond donors (Lipinski definition) is 1. The molecule has 0 radical (unpaired) electrons. The zero-order valence-corrected chi connectivity index (χ0v) is 15.0. The highest BCUT2D eigenvalue weighted by Gasteiger charge is 2.16. The molecule has 1 aromatic heterocycles. The van der Waals surface area contributed by atoms with Gasteiger partial charge in [0, 0.05) is 31.6 Å². The summed E-state index contributed by atoms with van der Waals surface area (Å²) in [7, 11) is 0. The summed E-state index contributed by atoms with van der Waals surface area (Å²) in [6, 6.07) is 0. The van der Waals surface area contributed by atoms with Crippen LogP contribution in [0.1, 0.15) is 32.9 Å². The number of ether oxygens (including phenoxy) is 2. The standard InChI is InChI=1S/C16H27N3O3S/c1-12(2)4-7-22-13(3)15(20)18-16-17-14(11-23-16)10-19-5-8-21-9-6-19/h11-13H,4-10H2,1-3H3,(H,17,18,20)/t13-/m1/s1. The number of amides is 1. The molecule has 0 bridgehead atoms. The molecule has 130 valence electrons. The van der Waals surface area contributed by atoms with Gasteiger partial charge in [0.1, 0.15) is 6.10 Å². The maximum Gasteiger partial charge on any atom is 0.254 e. The van der Waals surface area contributed by atoms with E-state index in [1.807, 2.05) is 5.38 Å². The lowest BCUT2D eigenvalue weighted by atomic mass is 10.1. The van der Waals surface area contributed by atoms with Crippen LogP contribution in [0.2, 0.25) is 0 Å². The third-order valence-corrected chi connectivity index (χ3v) is 4.51. The first-order valence-corrected chi connectivity index (χ1v) is 9.09. The molecule has 1 fully saturated rings. The van der Waals surface area contributed by atoms with Crippen molar-refractivity contribution in [3.8, 4) is 0 Å². The molecule has 6 nitrogen and oxygen atoms in total. The molecule has 0 aliphatic carbocycles. The van der Waals surface area contributed by atoms with Gasteiger partial charge in [0.25, 0.3) is 5.91 Å². The van der Waals surface area contributed by atoms with Crippen molar-refractivity contribution >= 4 is 22.4 Å². The number of carbonyl (C=O) groups is 1. The second-order valence-corrected chi connectivity index (χ2v) is 7.08. The molecule has 1 aliphatic rings. The second-order valence-electron chi connectivity index (χ2n) is 6.22. The average Bonchev–Trinajstić information content (AvgIpc) is 2.94. The minimum Gasteiger partial charge on any atom is -0.379 e. The zero-order valence-electron chi connectivity index (χ0n) is 14.2. The van der Waals surface area contributed by atoms with E-state index in [9.17, 15) is 4.79 Å². The van der Waals surface area contributed by atoms with E-state index in [-0.39, 0.29) is 5.91 Å². The Morgan fingerprint density at radius 1 is 1.43 bits per heavy atom. The summed E-state index contributed by atoms with van der Waals surface area (Å²) >= 11 is 1.46. The predicted octanol–water partition coefficient (Wildman–Crippen LogP) is 2.37. The van der Waals surface area contributed by atoms with Gasteiger partial charge in [-0.3, -0.25) is 15.0 Å². The fraction of sp³-hybridized carbons (Fsp3) is 0.750. The number of aromatic nitrogens is 1. The van der Waals surface area contributed by atoms with E-state index in [0.717, 1.165) is 45.0 Å². The van der Waals surface area contributed by atoms with E-state index in [1.165, 1.54) is 11.3 Å². The molecule has 2 rings (SSSR count). The smallest absolute Gasteiger partial charge is 0.254 e. The van der Waals surface area contributed by atoms with Crippen LogP contribution >= 0.6 is 11.3 Å². The molecule has 1 aromatic rings. The summed E-state index contributed by atoms with van der Waals surface area (Å²) in [5.41, 5.74) is 0.987. The molecule has 0 spiro atoms. The van der Waals surface area contributed by atoms with E-state index in [0.29, 0.717) is 17.7 Å². The number of rotatable bonds is 8. The van der Waals surface area contributed by atoms with Crippen molar-refractivity contribution in [2.45, 2.75) is 39.8 Å². The van der Waals surface area contributed by atoms with Crippen molar-refractivity contribution in [2.24, 2.45) is 5.92 Å². The topological polar surface area (TPSA) is 63.7 Å². The van der Waals surface area contributed by atoms with Crippen LogP contribution in [0.25, 0.3) is 0 Å². The molecule has 1 saturated heterocycles. The number of carbonyl (C=O) groups excluding carboxylic acids is 1. The van der Waals surface area contributed by atoms with Gasteiger partial charge in [0.15, 0.2) is 5.13 Å². The Morgan fingerprint density at radius 2 is 2.17 bits per heavy atom. The third kappa shape index (κ3) is 6.55. The normalized spacial score (nSPS) is 17.4. The van der Waals surface area contributed by atoms with Gasteiger partial charge in [-0.05, 0) is 19.3 Å². The molecule has 0 unspecified atom stereocenters. The first-order valence-electron chi connectivity index (χ1n) is 8.21. The SMILES string of the molecule is CC(C)CCO[C@H](C)C(=O)Nc1nc(CN2CCOCC2)cs1. The number of anilines is 1. The molecule has 0 saturated carbocycles. The summed E-state index contributed by atoms with van der Waals surface area (Å²) in [6.07, 6.45) is 0.499. The third-order valence-electron chi connectivity index (χ3n) is 3.70. The van der Waals surface area contributed by atoms with Gasteiger partial charge in [-0.1, -0.05) is 13.8 Å². The Morgan fingerprint density at radius 3 is 2.87 bits per heavy atom. The van der Waals surface area contributed by atoms with Crippen LogP contribution in [0, 0.1) is 5.92 Å². The molecule has 7 heteroatoms. The summed E-state index contributed by atoms with van der Waals surface area (Å²) in [5, 5.41) is 5.47. The Labute approximate surface area is 142 Å². The molecule has 0 aromatic carbocycles. The van der Waals surface area contributed by atoms with E-state index < -0.39 is 6.10 Å². The van der Waals surface area contributed by atoms with Crippen LogP contribution in [0.5, 0.6) is 0 Å². The quantitative estimate of drug-likeness (QED) is 0.786. The van der Waals surface area contributed by atoms with Gasteiger partial charge < -0.3 is 9.47 Å². The number of nitrogens with one attached hydrogen (secondary N) is 1. The van der Waals surface area contributed by atoms with E-state index in [2.05, 4.69) is 29.0 Å². The summed E-state index contributed by atoms with van der Waals surface area (Å²) in [5.74, 6) is 0.438. The highest BCUT2D eigenvalue weighted by molar-refractivity contribution is 7.13. The van der Waals surface area contributed by atoms with Crippen LogP contribution in [-0.4, -0.2) is 54.8 Å². The van der Waals surface area contributed by atoms with Crippen LogP contribution in [0.4, 0.5) is 5.13 Å². The fourth-order valence-electron chi connectivity index (χ4n) is 2.19. The largest absolute Gasteiger partial charge is 0.379 e. The lowest BCUT2D eigenvalue weighted by Gasteiger charge is -2.25. The number of thiazole rings is 1. The van der Waals surface area contributed by atoms with E-state index >= 15 is 0 Å². The summed E-state index contributed by atoms with van der Waals surface area (Å²) in [6.45, 7) is 10.9. The molecule has 1 aliphatic heterocycles. The monoisotopic (exact) mass is 341 g/mol. The van der Waals surface area contributed by atoms with Crippen LogP contribution in [0.3, 0.4) is 0 Å². The maximum absolute atomic E-state index is 12.1. The first-order chi connectivity index (χ1) is 11.0. The van der Waals surface area contributed by atoms with E-state index in [1.54, 1.807) is 6.92 Å². The first kappa shape index (κ1) is 18.3. The van der Waals surface area contributed by atoms with Crippen molar-refractivity contribution in [3.05, 3.63) is 11.1 Å². The van der Waals surface area contributed by atoms with Gasteiger partial charge in [0.05, 0.1) is 18.9 Å². The van der Waals surface area contributed by atoms with Crippen molar-refractivity contribution in [1.29, 1.82) is 0 Å². The van der Waals surface area contributed by atoms with Crippen molar-refractivity contribution < 1.29 is 14.3 Å². The molecule has 23 heavy (non-hydrogen) atoms. The Kier molecular flexibility index (Phi) is 7.42. The minimum atomic E-state index is -0.458. The lowest BCUT2D eigenvalue weighted by Crippen LogP contribution is -2.35. The number of morpholine rings is 1.